The summed E-state index contributed by atoms with van der Waals surface area (Å²) in [5.41, 5.74) is 7.77. The fourth-order valence-corrected chi connectivity index (χ4v) is 1.50. The largest absolute Gasteiger partial charge is 0.497 e. The third kappa shape index (κ3) is 1.79. The van der Waals surface area contributed by atoms with Gasteiger partial charge in [0, 0.05) is 18.8 Å². The maximum absolute atomic E-state index is 5.78. The highest BCUT2D eigenvalue weighted by molar-refractivity contribution is 5.73. The molecule has 15 heavy (non-hydrogen) atoms. The highest BCUT2D eigenvalue weighted by Gasteiger charge is 2.06. The average Bonchev–Trinajstić information content (AvgIpc) is 2.58. The molecule has 1 aromatic heterocycles. The minimum Gasteiger partial charge on any atom is -0.497 e. The Morgan fingerprint density at radius 2 is 1.93 bits per heavy atom. The molecule has 1 heterocycles. The first-order valence-corrected chi connectivity index (χ1v) is 4.64. The third-order valence-electron chi connectivity index (χ3n) is 2.26. The number of aromatic nitrogens is 2. The zero-order valence-corrected chi connectivity index (χ0v) is 8.77. The van der Waals surface area contributed by atoms with Crippen molar-refractivity contribution in [3.8, 4) is 16.9 Å². The van der Waals surface area contributed by atoms with Gasteiger partial charge in [-0.1, -0.05) is 12.1 Å². The number of nitrogens with two attached hydrogens (primary N) is 1. The van der Waals surface area contributed by atoms with Crippen molar-refractivity contribution in [1.29, 1.82) is 0 Å². The lowest BCUT2D eigenvalue weighted by molar-refractivity contribution is 0.415. The summed E-state index contributed by atoms with van der Waals surface area (Å²) in [6, 6.07) is 7.74. The van der Waals surface area contributed by atoms with Crippen LogP contribution in [0.3, 0.4) is 0 Å². The molecular formula is C11H13N3O. The van der Waals surface area contributed by atoms with Crippen LogP contribution in [0.4, 0.5) is 5.82 Å². The number of hydrogen-bond acceptors (Lipinski definition) is 3. The number of rotatable bonds is 2. The Bertz CT molecular complexity index is 459. The average molecular weight is 203 g/mol. The van der Waals surface area contributed by atoms with Crippen LogP contribution in [0.1, 0.15) is 0 Å². The molecule has 2 aromatic rings. The second kappa shape index (κ2) is 3.65. The van der Waals surface area contributed by atoms with E-state index in [9.17, 15) is 0 Å². The van der Waals surface area contributed by atoms with Gasteiger partial charge in [0.15, 0.2) is 5.82 Å². The van der Waals surface area contributed by atoms with Crippen LogP contribution in [0.25, 0.3) is 11.1 Å². The maximum atomic E-state index is 5.78. The number of methoxy groups -OCH3 is 1. The second-order valence-electron chi connectivity index (χ2n) is 3.33. The van der Waals surface area contributed by atoms with Crippen molar-refractivity contribution in [2.75, 3.05) is 12.8 Å². The van der Waals surface area contributed by atoms with Crippen LogP contribution in [-0.4, -0.2) is 16.9 Å². The summed E-state index contributed by atoms with van der Waals surface area (Å²) in [5.74, 6) is 1.38. The standard InChI is InChI=1S/C11H13N3O/c1-14-7-10(11(12)13-14)8-3-5-9(15-2)6-4-8/h3-7H,1-2H3,(H2,12,13). The van der Waals surface area contributed by atoms with E-state index in [4.69, 9.17) is 10.5 Å². The lowest BCUT2D eigenvalue weighted by Gasteiger charge is -2.01. The molecule has 0 aliphatic carbocycles. The normalized spacial score (nSPS) is 10.3. The molecule has 0 bridgehead atoms. The molecule has 1 aromatic carbocycles. The molecule has 0 radical (unpaired) electrons. The van der Waals surface area contributed by atoms with Crippen LogP contribution in [0.2, 0.25) is 0 Å². The molecule has 0 atom stereocenters. The Kier molecular flexibility index (Phi) is 2.33. The summed E-state index contributed by atoms with van der Waals surface area (Å²) in [7, 11) is 3.50. The Hall–Kier alpha value is -1.97. The van der Waals surface area contributed by atoms with Crippen LogP contribution in [0, 0.1) is 0 Å². The molecule has 2 N–H and O–H groups in total. The molecule has 78 valence electrons. The van der Waals surface area contributed by atoms with Gasteiger partial charge in [-0.25, -0.2) is 0 Å². The van der Waals surface area contributed by atoms with Crippen molar-refractivity contribution in [3.05, 3.63) is 30.5 Å². The van der Waals surface area contributed by atoms with Crippen molar-refractivity contribution in [3.63, 3.8) is 0 Å². The van der Waals surface area contributed by atoms with Gasteiger partial charge in [0.25, 0.3) is 0 Å². The summed E-state index contributed by atoms with van der Waals surface area (Å²) in [6.07, 6.45) is 1.90. The summed E-state index contributed by atoms with van der Waals surface area (Å²) in [4.78, 5) is 0. The highest BCUT2D eigenvalue weighted by atomic mass is 16.5. The highest BCUT2D eigenvalue weighted by Crippen LogP contribution is 2.26. The fourth-order valence-electron chi connectivity index (χ4n) is 1.50. The van der Waals surface area contributed by atoms with Gasteiger partial charge >= 0.3 is 0 Å². The maximum Gasteiger partial charge on any atom is 0.153 e. The van der Waals surface area contributed by atoms with Gasteiger partial charge in [-0.05, 0) is 17.7 Å². The minimum absolute atomic E-state index is 0.544. The Morgan fingerprint density at radius 3 is 2.40 bits per heavy atom. The summed E-state index contributed by atoms with van der Waals surface area (Å²) < 4.78 is 6.79. The monoisotopic (exact) mass is 203 g/mol. The molecule has 4 nitrogen and oxygen atoms in total. The summed E-state index contributed by atoms with van der Waals surface area (Å²) >= 11 is 0. The molecule has 0 fully saturated rings. The van der Waals surface area contributed by atoms with E-state index in [0.717, 1.165) is 16.9 Å². The van der Waals surface area contributed by atoms with Crippen molar-refractivity contribution in [1.82, 2.24) is 9.78 Å². The van der Waals surface area contributed by atoms with Crippen LogP contribution in [0.15, 0.2) is 30.5 Å². The van der Waals surface area contributed by atoms with E-state index in [0.29, 0.717) is 5.82 Å². The zero-order valence-electron chi connectivity index (χ0n) is 8.77. The Labute approximate surface area is 88.3 Å². The van der Waals surface area contributed by atoms with Gasteiger partial charge in [-0.3, -0.25) is 4.68 Å². The first-order valence-electron chi connectivity index (χ1n) is 4.64. The van der Waals surface area contributed by atoms with Crippen LogP contribution in [-0.2, 0) is 7.05 Å². The summed E-state index contributed by atoms with van der Waals surface area (Å²) in [6.45, 7) is 0. The van der Waals surface area contributed by atoms with E-state index in [-0.39, 0.29) is 0 Å². The van der Waals surface area contributed by atoms with Gasteiger partial charge in [0.1, 0.15) is 5.75 Å². The molecule has 0 saturated heterocycles. The number of ether oxygens (including phenoxy) is 1. The van der Waals surface area contributed by atoms with E-state index < -0.39 is 0 Å². The topological polar surface area (TPSA) is 53.1 Å². The molecule has 2 rings (SSSR count). The zero-order chi connectivity index (χ0) is 10.8. The SMILES string of the molecule is COc1ccc(-c2cn(C)nc2N)cc1. The van der Waals surface area contributed by atoms with Gasteiger partial charge in [-0.15, -0.1) is 0 Å². The van der Waals surface area contributed by atoms with E-state index in [2.05, 4.69) is 5.10 Å². The Balaban J connectivity index is 2.41. The van der Waals surface area contributed by atoms with E-state index in [1.807, 2.05) is 37.5 Å². The van der Waals surface area contributed by atoms with Gasteiger partial charge < -0.3 is 10.5 Å². The number of nitrogen functional groups attached to an aromatic ring is 1. The Morgan fingerprint density at radius 1 is 1.27 bits per heavy atom. The quantitative estimate of drug-likeness (QED) is 0.807. The number of benzene rings is 1. The van der Waals surface area contributed by atoms with Crippen molar-refractivity contribution < 1.29 is 4.74 Å². The van der Waals surface area contributed by atoms with E-state index in [1.165, 1.54) is 0 Å². The molecule has 0 unspecified atom stereocenters. The van der Waals surface area contributed by atoms with Crippen molar-refractivity contribution in [2.24, 2.45) is 7.05 Å². The lowest BCUT2D eigenvalue weighted by Crippen LogP contribution is -1.90. The van der Waals surface area contributed by atoms with Gasteiger partial charge in [0.05, 0.1) is 7.11 Å². The minimum atomic E-state index is 0.544. The van der Waals surface area contributed by atoms with Gasteiger partial charge in [0.2, 0.25) is 0 Å². The molecule has 0 aliphatic heterocycles. The first kappa shape index (κ1) is 9.58. The predicted octanol–water partition coefficient (Wildman–Crippen LogP) is 1.68. The molecule has 0 amide bonds. The van der Waals surface area contributed by atoms with Crippen LogP contribution >= 0.6 is 0 Å². The lowest BCUT2D eigenvalue weighted by atomic mass is 10.1. The molecule has 0 spiro atoms. The van der Waals surface area contributed by atoms with Crippen molar-refractivity contribution >= 4 is 5.82 Å². The molecule has 0 saturated carbocycles. The van der Waals surface area contributed by atoms with E-state index in [1.54, 1.807) is 11.8 Å². The fraction of sp³-hybridized carbons (Fsp3) is 0.182. The van der Waals surface area contributed by atoms with Gasteiger partial charge in [-0.2, -0.15) is 5.10 Å². The smallest absolute Gasteiger partial charge is 0.153 e. The molecule has 4 heteroatoms. The third-order valence-corrected chi connectivity index (χ3v) is 2.26. The van der Waals surface area contributed by atoms with Crippen LogP contribution in [0.5, 0.6) is 5.75 Å². The number of nitrogens with zero attached hydrogens (tertiary/aromatic N) is 2. The number of hydrogen-bond donors (Lipinski definition) is 1. The molecular weight excluding hydrogens is 190 g/mol. The molecule has 0 aliphatic rings. The predicted molar refractivity (Wildman–Crippen MR) is 59.6 cm³/mol. The van der Waals surface area contributed by atoms with E-state index >= 15 is 0 Å². The number of aryl methyl sites for hydroxylation is 1. The van der Waals surface area contributed by atoms with Crippen molar-refractivity contribution in [2.45, 2.75) is 0 Å². The number of anilines is 1. The first-order chi connectivity index (χ1) is 7.20. The summed E-state index contributed by atoms with van der Waals surface area (Å²) in [5, 5.41) is 4.09. The van der Waals surface area contributed by atoms with Crippen LogP contribution < -0.4 is 10.5 Å². The second-order valence-corrected chi connectivity index (χ2v) is 3.33.